The minimum Gasteiger partial charge on any atom is -0.493 e. The lowest BCUT2D eigenvalue weighted by Gasteiger charge is -2.13. The molecule has 1 N–H and O–H groups in total. The molecule has 0 aliphatic carbocycles. The van der Waals surface area contributed by atoms with Crippen molar-refractivity contribution >= 4 is 0 Å². The Labute approximate surface area is 94.8 Å². The first-order valence-corrected chi connectivity index (χ1v) is 5.24. The molecule has 1 atom stereocenters. The molecule has 1 aromatic carbocycles. The first-order valence-electron chi connectivity index (χ1n) is 5.24. The highest BCUT2D eigenvalue weighted by atomic mass is 19.1. The molecule has 1 rings (SSSR count). The highest BCUT2D eigenvalue weighted by molar-refractivity contribution is 5.35. The van der Waals surface area contributed by atoms with E-state index >= 15 is 0 Å². The highest BCUT2D eigenvalue weighted by Gasteiger charge is 2.10. The molecule has 0 radical (unpaired) electrons. The molecule has 4 heteroatoms. The monoisotopic (exact) mass is 228 g/mol. The van der Waals surface area contributed by atoms with Crippen LogP contribution in [0.1, 0.15) is 25.0 Å². The summed E-state index contributed by atoms with van der Waals surface area (Å²) in [5, 5.41) is 9.47. The molecular formula is C12H17FO3. The van der Waals surface area contributed by atoms with Gasteiger partial charge in [-0.05, 0) is 19.1 Å². The Kier molecular flexibility index (Phi) is 5.22. The van der Waals surface area contributed by atoms with Crippen molar-refractivity contribution in [3.05, 3.63) is 29.6 Å². The topological polar surface area (TPSA) is 38.7 Å². The molecule has 0 heterocycles. The molecule has 0 spiro atoms. The standard InChI is InChI=1S/C12H17FO3/c1-9(14)11-5-4-10(13)8-12(11)16-7-3-6-15-2/h4-5,8-9,14H,3,6-7H2,1-2H3/t9-/m1/s1. The molecule has 3 nitrogen and oxygen atoms in total. The first-order chi connectivity index (χ1) is 7.65. The molecule has 0 saturated heterocycles. The van der Waals surface area contributed by atoms with Gasteiger partial charge < -0.3 is 14.6 Å². The van der Waals surface area contributed by atoms with Crippen LogP contribution in [0.25, 0.3) is 0 Å². The Morgan fingerprint density at radius 2 is 2.12 bits per heavy atom. The van der Waals surface area contributed by atoms with Crippen molar-refractivity contribution < 1.29 is 19.0 Å². The molecule has 90 valence electrons. The zero-order valence-electron chi connectivity index (χ0n) is 9.57. The number of hydrogen-bond acceptors (Lipinski definition) is 3. The van der Waals surface area contributed by atoms with Gasteiger partial charge in [-0.25, -0.2) is 4.39 Å². The van der Waals surface area contributed by atoms with E-state index in [-0.39, 0.29) is 5.82 Å². The minimum atomic E-state index is -0.668. The molecule has 0 bridgehead atoms. The van der Waals surface area contributed by atoms with Gasteiger partial charge in [-0.3, -0.25) is 0 Å². The van der Waals surface area contributed by atoms with Crippen LogP contribution in [0.15, 0.2) is 18.2 Å². The lowest BCUT2D eigenvalue weighted by molar-refractivity contribution is 0.166. The Morgan fingerprint density at radius 1 is 1.38 bits per heavy atom. The summed E-state index contributed by atoms with van der Waals surface area (Å²) in [5.41, 5.74) is 0.596. The van der Waals surface area contributed by atoms with Crippen molar-refractivity contribution in [1.82, 2.24) is 0 Å². The molecule has 0 saturated carbocycles. The van der Waals surface area contributed by atoms with Gasteiger partial charge in [0, 0.05) is 31.8 Å². The van der Waals surface area contributed by atoms with Crippen LogP contribution in [0, 0.1) is 5.82 Å². The van der Waals surface area contributed by atoms with Gasteiger partial charge in [-0.15, -0.1) is 0 Å². The number of hydrogen-bond donors (Lipinski definition) is 1. The fourth-order valence-corrected chi connectivity index (χ4v) is 1.36. The van der Waals surface area contributed by atoms with Crippen LogP contribution in [0.5, 0.6) is 5.75 Å². The molecular weight excluding hydrogens is 211 g/mol. The largest absolute Gasteiger partial charge is 0.493 e. The second-order valence-corrected chi connectivity index (χ2v) is 3.55. The van der Waals surface area contributed by atoms with E-state index in [1.807, 2.05) is 0 Å². The summed E-state index contributed by atoms with van der Waals surface area (Å²) in [6.07, 6.45) is 0.0599. The van der Waals surface area contributed by atoms with Gasteiger partial charge in [0.05, 0.1) is 12.7 Å². The third-order valence-electron chi connectivity index (χ3n) is 2.18. The molecule has 0 aliphatic heterocycles. The third kappa shape index (κ3) is 3.79. The van der Waals surface area contributed by atoms with Crippen LogP contribution < -0.4 is 4.74 Å². The minimum absolute atomic E-state index is 0.369. The van der Waals surface area contributed by atoms with Crippen LogP contribution in [0.3, 0.4) is 0 Å². The van der Waals surface area contributed by atoms with Crippen LogP contribution >= 0.6 is 0 Å². The lowest BCUT2D eigenvalue weighted by atomic mass is 10.1. The van der Waals surface area contributed by atoms with Crippen LogP contribution in [0.4, 0.5) is 4.39 Å². The van der Waals surface area contributed by atoms with Crippen molar-refractivity contribution in [2.75, 3.05) is 20.3 Å². The predicted molar refractivity (Wildman–Crippen MR) is 59.0 cm³/mol. The third-order valence-corrected chi connectivity index (χ3v) is 2.18. The second kappa shape index (κ2) is 6.45. The SMILES string of the molecule is COCCCOc1cc(F)ccc1[C@@H](C)O. The van der Waals surface area contributed by atoms with E-state index < -0.39 is 6.10 Å². The summed E-state index contributed by atoms with van der Waals surface area (Å²) >= 11 is 0. The van der Waals surface area contributed by atoms with Gasteiger partial charge in [0.2, 0.25) is 0 Å². The number of methoxy groups -OCH3 is 1. The number of aliphatic hydroxyl groups excluding tert-OH is 1. The van der Waals surface area contributed by atoms with E-state index in [1.54, 1.807) is 14.0 Å². The molecule has 0 unspecified atom stereocenters. The van der Waals surface area contributed by atoms with Gasteiger partial charge in [-0.2, -0.15) is 0 Å². The van der Waals surface area contributed by atoms with E-state index in [4.69, 9.17) is 9.47 Å². The number of rotatable bonds is 6. The maximum atomic E-state index is 13.0. The number of halogens is 1. The average molecular weight is 228 g/mol. The Hall–Kier alpha value is -1.13. The van der Waals surface area contributed by atoms with Gasteiger partial charge in [0.25, 0.3) is 0 Å². The van der Waals surface area contributed by atoms with Crippen molar-refractivity contribution in [1.29, 1.82) is 0 Å². The van der Waals surface area contributed by atoms with E-state index in [1.165, 1.54) is 18.2 Å². The Balaban J connectivity index is 2.65. The van der Waals surface area contributed by atoms with Crippen molar-refractivity contribution in [2.24, 2.45) is 0 Å². The summed E-state index contributed by atoms with van der Waals surface area (Å²) in [5.74, 6) is 0.0252. The second-order valence-electron chi connectivity index (χ2n) is 3.55. The summed E-state index contributed by atoms with van der Waals surface area (Å²) in [6, 6.07) is 4.13. The van der Waals surface area contributed by atoms with Gasteiger partial charge in [-0.1, -0.05) is 0 Å². The van der Waals surface area contributed by atoms with E-state index in [0.717, 1.165) is 6.42 Å². The molecule has 0 aromatic heterocycles. The number of benzene rings is 1. The molecule has 0 aliphatic rings. The van der Waals surface area contributed by atoms with E-state index in [0.29, 0.717) is 24.5 Å². The average Bonchev–Trinajstić information content (AvgIpc) is 2.24. The molecule has 0 amide bonds. The Morgan fingerprint density at radius 3 is 2.75 bits per heavy atom. The van der Waals surface area contributed by atoms with E-state index in [9.17, 15) is 9.50 Å². The molecule has 16 heavy (non-hydrogen) atoms. The fourth-order valence-electron chi connectivity index (χ4n) is 1.36. The maximum Gasteiger partial charge on any atom is 0.127 e. The highest BCUT2D eigenvalue weighted by Crippen LogP contribution is 2.26. The van der Waals surface area contributed by atoms with Gasteiger partial charge in [0.1, 0.15) is 11.6 Å². The van der Waals surface area contributed by atoms with Crippen molar-refractivity contribution in [2.45, 2.75) is 19.4 Å². The van der Waals surface area contributed by atoms with Crippen molar-refractivity contribution in [3.63, 3.8) is 0 Å². The smallest absolute Gasteiger partial charge is 0.127 e. The maximum absolute atomic E-state index is 13.0. The van der Waals surface area contributed by atoms with Crippen LogP contribution in [0.2, 0.25) is 0 Å². The zero-order chi connectivity index (χ0) is 12.0. The normalized spacial score (nSPS) is 12.5. The van der Waals surface area contributed by atoms with Crippen molar-refractivity contribution in [3.8, 4) is 5.75 Å². The Bertz CT molecular complexity index is 326. The summed E-state index contributed by atoms with van der Waals surface area (Å²) in [4.78, 5) is 0. The lowest BCUT2D eigenvalue weighted by Crippen LogP contribution is -2.05. The predicted octanol–water partition coefficient (Wildman–Crippen LogP) is 2.29. The quantitative estimate of drug-likeness (QED) is 0.759. The summed E-state index contributed by atoms with van der Waals surface area (Å²) < 4.78 is 23.3. The molecule has 1 aromatic rings. The van der Waals surface area contributed by atoms with Gasteiger partial charge in [0.15, 0.2) is 0 Å². The molecule has 0 fully saturated rings. The van der Waals surface area contributed by atoms with E-state index in [2.05, 4.69) is 0 Å². The fraction of sp³-hybridized carbons (Fsp3) is 0.500. The van der Waals surface area contributed by atoms with Crippen LogP contribution in [-0.4, -0.2) is 25.4 Å². The summed E-state index contributed by atoms with van der Waals surface area (Å²) in [7, 11) is 1.61. The van der Waals surface area contributed by atoms with Crippen LogP contribution in [-0.2, 0) is 4.74 Å². The number of ether oxygens (including phenoxy) is 2. The number of aliphatic hydroxyl groups is 1. The zero-order valence-corrected chi connectivity index (χ0v) is 9.57. The first kappa shape index (κ1) is 12.9. The summed E-state index contributed by atoms with van der Waals surface area (Å²) in [6.45, 7) is 2.66. The van der Waals surface area contributed by atoms with Gasteiger partial charge >= 0.3 is 0 Å².